The third-order valence-corrected chi connectivity index (χ3v) is 4.66. The lowest BCUT2D eigenvalue weighted by Crippen LogP contribution is -1.84. The average molecular weight is 256 g/mol. The SMILES string of the molecule is Cc1ccc(-c2cn3c(C)c(C)sc3n2)cc1C. The van der Waals surface area contributed by atoms with E-state index in [2.05, 4.69) is 56.5 Å². The molecule has 0 aliphatic carbocycles. The number of hydrogen-bond acceptors (Lipinski definition) is 2. The second kappa shape index (κ2) is 3.95. The van der Waals surface area contributed by atoms with Gasteiger partial charge in [0.05, 0.1) is 5.69 Å². The number of hydrogen-bond donors (Lipinski definition) is 0. The summed E-state index contributed by atoms with van der Waals surface area (Å²) in [5.41, 5.74) is 6.19. The second-order valence-corrected chi connectivity index (χ2v) is 6.00. The molecule has 3 rings (SSSR count). The van der Waals surface area contributed by atoms with Gasteiger partial charge in [-0.3, -0.25) is 4.40 Å². The van der Waals surface area contributed by atoms with Crippen LogP contribution in [0.3, 0.4) is 0 Å². The molecule has 0 N–H and O–H groups in total. The van der Waals surface area contributed by atoms with Gasteiger partial charge < -0.3 is 0 Å². The zero-order chi connectivity index (χ0) is 12.9. The number of benzene rings is 1. The third kappa shape index (κ3) is 1.66. The summed E-state index contributed by atoms with van der Waals surface area (Å²) < 4.78 is 2.19. The van der Waals surface area contributed by atoms with Crippen LogP contribution in [0.4, 0.5) is 0 Å². The van der Waals surface area contributed by atoms with Crippen LogP contribution in [0.5, 0.6) is 0 Å². The van der Waals surface area contributed by atoms with Crippen molar-refractivity contribution in [1.82, 2.24) is 9.38 Å². The molecule has 3 heteroatoms. The Bertz CT molecular complexity index is 734. The van der Waals surface area contributed by atoms with E-state index in [0.29, 0.717) is 0 Å². The predicted molar refractivity (Wildman–Crippen MR) is 77.5 cm³/mol. The maximum atomic E-state index is 4.72. The first-order valence-electron chi connectivity index (χ1n) is 6.09. The van der Waals surface area contributed by atoms with Crippen LogP contribution in [0, 0.1) is 27.7 Å². The van der Waals surface area contributed by atoms with Crippen LogP contribution in [0.2, 0.25) is 0 Å². The maximum absolute atomic E-state index is 4.72. The molecule has 0 bridgehead atoms. The highest BCUT2D eigenvalue weighted by molar-refractivity contribution is 7.17. The predicted octanol–water partition coefficient (Wildman–Crippen LogP) is 4.30. The molecule has 2 nitrogen and oxygen atoms in total. The van der Waals surface area contributed by atoms with Crippen molar-refractivity contribution in [2.45, 2.75) is 27.7 Å². The Morgan fingerprint density at radius 3 is 2.50 bits per heavy atom. The lowest BCUT2D eigenvalue weighted by atomic mass is 10.1. The topological polar surface area (TPSA) is 17.3 Å². The Kier molecular flexibility index (Phi) is 2.52. The van der Waals surface area contributed by atoms with Gasteiger partial charge in [-0.05, 0) is 44.9 Å². The third-order valence-electron chi connectivity index (χ3n) is 3.59. The largest absolute Gasteiger partial charge is 0.294 e. The zero-order valence-electron chi connectivity index (χ0n) is 11.1. The first-order valence-corrected chi connectivity index (χ1v) is 6.90. The first kappa shape index (κ1) is 11.5. The molecule has 0 spiro atoms. The summed E-state index contributed by atoms with van der Waals surface area (Å²) in [6.45, 7) is 8.57. The first-order chi connectivity index (χ1) is 8.56. The number of aromatic nitrogens is 2. The van der Waals surface area contributed by atoms with Crippen molar-refractivity contribution in [3.05, 3.63) is 46.1 Å². The highest BCUT2D eigenvalue weighted by Crippen LogP contribution is 2.27. The molecule has 0 fully saturated rings. The van der Waals surface area contributed by atoms with Crippen molar-refractivity contribution < 1.29 is 0 Å². The molecule has 2 heterocycles. The summed E-state index contributed by atoms with van der Waals surface area (Å²) in [7, 11) is 0. The van der Waals surface area contributed by atoms with Crippen LogP contribution in [-0.4, -0.2) is 9.38 Å². The van der Waals surface area contributed by atoms with E-state index in [1.807, 2.05) is 0 Å². The fourth-order valence-electron chi connectivity index (χ4n) is 2.10. The Balaban J connectivity index is 2.16. The van der Waals surface area contributed by atoms with E-state index in [0.717, 1.165) is 10.7 Å². The molecule has 1 aromatic carbocycles. The number of aryl methyl sites for hydroxylation is 4. The molecule has 92 valence electrons. The minimum Gasteiger partial charge on any atom is -0.294 e. The van der Waals surface area contributed by atoms with Gasteiger partial charge in [0, 0.05) is 22.3 Å². The second-order valence-electron chi connectivity index (χ2n) is 4.82. The number of nitrogens with zero attached hydrogens (tertiary/aromatic N) is 2. The monoisotopic (exact) mass is 256 g/mol. The summed E-state index contributed by atoms with van der Waals surface area (Å²) in [5.74, 6) is 0. The van der Waals surface area contributed by atoms with Crippen LogP contribution in [0.15, 0.2) is 24.4 Å². The molecule has 0 unspecified atom stereocenters. The standard InChI is InChI=1S/C15H16N2S/c1-9-5-6-13(7-10(9)2)14-8-17-11(3)12(4)18-15(17)16-14/h5-8H,1-4H3. The van der Waals surface area contributed by atoms with Gasteiger partial charge in [0.2, 0.25) is 0 Å². The molecule has 0 saturated heterocycles. The van der Waals surface area contributed by atoms with E-state index in [1.165, 1.54) is 27.3 Å². The van der Waals surface area contributed by atoms with Crippen molar-refractivity contribution in [3.63, 3.8) is 0 Å². The van der Waals surface area contributed by atoms with Gasteiger partial charge in [-0.2, -0.15) is 0 Å². The maximum Gasteiger partial charge on any atom is 0.194 e. The van der Waals surface area contributed by atoms with Gasteiger partial charge in [-0.15, -0.1) is 11.3 Å². The van der Waals surface area contributed by atoms with Crippen molar-refractivity contribution in [2.75, 3.05) is 0 Å². The summed E-state index contributed by atoms with van der Waals surface area (Å²) in [6, 6.07) is 6.52. The Labute approximate surface area is 111 Å². The van der Waals surface area contributed by atoms with E-state index in [-0.39, 0.29) is 0 Å². The van der Waals surface area contributed by atoms with Crippen LogP contribution in [-0.2, 0) is 0 Å². The van der Waals surface area contributed by atoms with Gasteiger partial charge in [0.25, 0.3) is 0 Å². The van der Waals surface area contributed by atoms with Crippen molar-refractivity contribution in [3.8, 4) is 11.3 Å². The molecule has 0 aliphatic heterocycles. The fraction of sp³-hybridized carbons (Fsp3) is 0.267. The van der Waals surface area contributed by atoms with E-state index in [4.69, 9.17) is 4.98 Å². The number of thiazole rings is 1. The van der Waals surface area contributed by atoms with Crippen molar-refractivity contribution >= 4 is 16.3 Å². The Hall–Kier alpha value is -1.61. The average Bonchev–Trinajstić information content (AvgIpc) is 2.85. The fourth-order valence-corrected chi connectivity index (χ4v) is 3.05. The van der Waals surface area contributed by atoms with E-state index in [9.17, 15) is 0 Å². The molecular formula is C15H16N2S. The van der Waals surface area contributed by atoms with Gasteiger partial charge in [0.1, 0.15) is 0 Å². The molecule has 0 radical (unpaired) electrons. The van der Waals surface area contributed by atoms with Gasteiger partial charge in [0.15, 0.2) is 4.96 Å². The molecule has 0 atom stereocenters. The number of rotatable bonds is 1. The Morgan fingerprint density at radius 2 is 1.83 bits per heavy atom. The minimum absolute atomic E-state index is 1.06. The minimum atomic E-state index is 1.06. The lowest BCUT2D eigenvalue weighted by molar-refractivity contribution is 1.11. The normalized spacial score (nSPS) is 11.3. The van der Waals surface area contributed by atoms with Crippen LogP contribution in [0.25, 0.3) is 16.2 Å². The smallest absolute Gasteiger partial charge is 0.194 e. The van der Waals surface area contributed by atoms with Gasteiger partial charge >= 0.3 is 0 Å². The zero-order valence-corrected chi connectivity index (χ0v) is 11.9. The van der Waals surface area contributed by atoms with Gasteiger partial charge in [-0.25, -0.2) is 4.98 Å². The van der Waals surface area contributed by atoms with Crippen molar-refractivity contribution in [1.29, 1.82) is 0 Å². The van der Waals surface area contributed by atoms with Gasteiger partial charge in [-0.1, -0.05) is 12.1 Å². The number of imidazole rings is 1. The van der Waals surface area contributed by atoms with E-state index < -0.39 is 0 Å². The highest BCUT2D eigenvalue weighted by atomic mass is 32.1. The molecule has 2 aromatic heterocycles. The Morgan fingerprint density at radius 1 is 1.06 bits per heavy atom. The molecular weight excluding hydrogens is 240 g/mol. The molecule has 3 aromatic rings. The van der Waals surface area contributed by atoms with E-state index in [1.54, 1.807) is 11.3 Å². The van der Waals surface area contributed by atoms with Crippen molar-refractivity contribution in [2.24, 2.45) is 0 Å². The quantitative estimate of drug-likeness (QED) is 0.634. The summed E-state index contributed by atoms with van der Waals surface area (Å²) in [5, 5.41) is 0. The lowest BCUT2D eigenvalue weighted by Gasteiger charge is -2.02. The molecule has 18 heavy (non-hydrogen) atoms. The number of fused-ring (bicyclic) bond motifs is 1. The summed E-state index contributed by atoms with van der Waals surface area (Å²) >= 11 is 1.75. The molecule has 0 amide bonds. The molecule has 0 aliphatic rings. The van der Waals surface area contributed by atoms with E-state index >= 15 is 0 Å². The highest BCUT2D eigenvalue weighted by Gasteiger charge is 2.10. The van der Waals surface area contributed by atoms with Crippen LogP contribution < -0.4 is 0 Å². The summed E-state index contributed by atoms with van der Waals surface area (Å²) in [6.07, 6.45) is 2.14. The van der Waals surface area contributed by atoms with Crippen LogP contribution >= 0.6 is 11.3 Å². The summed E-state index contributed by atoms with van der Waals surface area (Å²) in [4.78, 5) is 7.14. The molecule has 0 saturated carbocycles. The van der Waals surface area contributed by atoms with Crippen LogP contribution in [0.1, 0.15) is 21.7 Å².